The Morgan fingerprint density at radius 2 is 2.17 bits per heavy atom. The molecule has 94 valence electrons. The average Bonchev–Trinajstić information content (AvgIpc) is 3.07. The van der Waals surface area contributed by atoms with Crippen molar-refractivity contribution in [3.8, 4) is 11.3 Å². The topological polar surface area (TPSA) is 43.8 Å². The van der Waals surface area contributed by atoms with Crippen LogP contribution in [0, 0.1) is 12.7 Å². The molecule has 0 spiro atoms. The summed E-state index contributed by atoms with van der Waals surface area (Å²) in [6, 6.07) is 4.97. The van der Waals surface area contributed by atoms with Gasteiger partial charge in [0.15, 0.2) is 0 Å². The summed E-state index contributed by atoms with van der Waals surface area (Å²) in [5, 5.41) is 0.369. The molecule has 1 aromatic heterocycles. The number of aryl methyl sites for hydroxylation is 1. The summed E-state index contributed by atoms with van der Waals surface area (Å²) in [6.45, 7) is 1.89. The zero-order valence-electron chi connectivity index (χ0n) is 9.95. The molecule has 1 fully saturated rings. The molecule has 0 unspecified atom stereocenters. The smallest absolute Gasteiger partial charge is 0.134 e. The van der Waals surface area contributed by atoms with Gasteiger partial charge >= 0.3 is 0 Å². The van der Waals surface area contributed by atoms with Crippen LogP contribution in [0.15, 0.2) is 18.2 Å². The van der Waals surface area contributed by atoms with Gasteiger partial charge in [-0.25, -0.2) is 9.37 Å². The number of hydrogen-bond acceptors (Lipinski definition) is 2. The maximum absolute atomic E-state index is 13.9. The predicted octanol–water partition coefficient (Wildman–Crippen LogP) is 3.57. The quantitative estimate of drug-likeness (QED) is 0.902. The Kier molecular flexibility index (Phi) is 2.55. The van der Waals surface area contributed by atoms with E-state index in [0.717, 1.165) is 18.7 Å². The Balaban J connectivity index is 2.14. The van der Waals surface area contributed by atoms with E-state index >= 15 is 0 Å². The first kappa shape index (κ1) is 11.5. The number of nitrogens with two attached hydrogens (primary N) is 1. The van der Waals surface area contributed by atoms with E-state index in [9.17, 15) is 4.39 Å². The molecule has 3 rings (SSSR count). The molecular weight excluding hydrogens is 253 g/mol. The van der Waals surface area contributed by atoms with Crippen LogP contribution in [-0.4, -0.2) is 9.55 Å². The summed E-state index contributed by atoms with van der Waals surface area (Å²) in [7, 11) is 0. The van der Waals surface area contributed by atoms with Gasteiger partial charge < -0.3 is 10.3 Å². The SMILES string of the molecule is Cc1nc(-c2ccc(Cl)cc2F)c(N)n1C1CC1. The summed E-state index contributed by atoms with van der Waals surface area (Å²) in [4.78, 5) is 4.39. The van der Waals surface area contributed by atoms with Crippen LogP contribution in [-0.2, 0) is 0 Å². The van der Waals surface area contributed by atoms with Crippen molar-refractivity contribution in [2.45, 2.75) is 25.8 Å². The van der Waals surface area contributed by atoms with Crippen molar-refractivity contribution >= 4 is 17.4 Å². The predicted molar refractivity (Wildman–Crippen MR) is 70.1 cm³/mol. The molecule has 1 heterocycles. The van der Waals surface area contributed by atoms with Crippen LogP contribution in [0.2, 0.25) is 5.02 Å². The summed E-state index contributed by atoms with van der Waals surface area (Å²) < 4.78 is 15.9. The second kappa shape index (κ2) is 3.99. The fourth-order valence-corrected chi connectivity index (χ4v) is 2.39. The summed E-state index contributed by atoms with van der Waals surface area (Å²) in [6.07, 6.45) is 2.23. The number of nitrogens with zero attached hydrogens (tertiary/aromatic N) is 2. The molecule has 1 saturated carbocycles. The Hall–Kier alpha value is -1.55. The second-order valence-electron chi connectivity index (χ2n) is 4.62. The minimum Gasteiger partial charge on any atom is -0.383 e. The van der Waals surface area contributed by atoms with E-state index in [4.69, 9.17) is 17.3 Å². The monoisotopic (exact) mass is 265 g/mol. The van der Waals surface area contributed by atoms with E-state index in [2.05, 4.69) is 4.98 Å². The van der Waals surface area contributed by atoms with Crippen LogP contribution in [0.1, 0.15) is 24.7 Å². The van der Waals surface area contributed by atoms with E-state index in [-0.39, 0.29) is 0 Å². The first-order valence-electron chi connectivity index (χ1n) is 5.87. The van der Waals surface area contributed by atoms with Gasteiger partial charge in [0.25, 0.3) is 0 Å². The highest BCUT2D eigenvalue weighted by molar-refractivity contribution is 6.30. The van der Waals surface area contributed by atoms with Gasteiger partial charge in [-0.2, -0.15) is 0 Å². The molecule has 3 nitrogen and oxygen atoms in total. The third-order valence-corrected chi connectivity index (χ3v) is 3.46. The highest BCUT2D eigenvalue weighted by atomic mass is 35.5. The lowest BCUT2D eigenvalue weighted by Gasteiger charge is -2.05. The van der Waals surface area contributed by atoms with Crippen LogP contribution in [0.3, 0.4) is 0 Å². The van der Waals surface area contributed by atoms with Gasteiger partial charge in [-0.05, 0) is 38.0 Å². The lowest BCUT2D eigenvalue weighted by molar-refractivity contribution is 0.631. The third-order valence-electron chi connectivity index (χ3n) is 3.22. The van der Waals surface area contributed by atoms with Gasteiger partial charge in [0.1, 0.15) is 23.2 Å². The van der Waals surface area contributed by atoms with Crippen LogP contribution < -0.4 is 5.73 Å². The van der Waals surface area contributed by atoms with E-state index in [1.165, 1.54) is 6.07 Å². The number of halogens is 2. The third kappa shape index (κ3) is 1.77. The Morgan fingerprint density at radius 1 is 1.44 bits per heavy atom. The first-order chi connectivity index (χ1) is 8.58. The molecule has 0 aliphatic heterocycles. The zero-order valence-corrected chi connectivity index (χ0v) is 10.7. The summed E-state index contributed by atoms with van der Waals surface area (Å²) in [5.41, 5.74) is 7.00. The van der Waals surface area contributed by atoms with Crippen molar-refractivity contribution in [3.63, 3.8) is 0 Å². The molecule has 18 heavy (non-hydrogen) atoms. The van der Waals surface area contributed by atoms with E-state index < -0.39 is 5.82 Å². The maximum atomic E-state index is 13.9. The number of imidazole rings is 1. The second-order valence-corrected chi connectivity index (χ2v) is 5.05. The number of rotatable bonds is 2. The van der Waals surface area contributed by atoms with Crippen molar-refractivity contribution in [1.29, 1.82) is 0 Å². The van der Waals surface area contributed by atoms with Crippen molar-refractivity contribution in [2.75, 3.05) is 5.73 Å². The summed E-state index contributed by atoms with van der Waals surface area (Å²) in [5.74, 6) is 0.977. The average molecular weight is 266 g/mol. The largest absolute Gasteiger partial charge is 0.383 e. The molecule has 1 aliphatic rings. The fourth-order valence-electron chi connectivity index (χ4n) is 2.23. The lowest BCUT2D eigenvalue weighted by Crippen LogP contribution is -2.02. The lowest BCUT2D eigenvalue weighted by atomic mass is 10.1. The van der Waals surface area contributed by atoms with Crippen LogP contribution in [0.4, 0.5) is 10.2 Å². The number of nitrogen functional groups attached to an aromatic ring is 1. The van der Waals surface area contributed by atoms with Gasteiger partial charge in [0.05, 0.1) is 0 Å². The van der Waals surface area contributed by atoms with Crippen LogP contribution in [0.5, 0.6) is 0 Å². The van der Waals surface area contributed by atoms with Crippen LogP contribution in [0.25, 0.3) is 11.3 Å². The van der Waals surface area contributed by atoms with Crippen molar-refractivity contribution in [1.82, 2.24) is 9.55 Å². The van der Waals surface area contributed by atoms with Crippen molar-refractivity contribution < 1.29 is 4.39 Å². The van der Waals surface area contributed by atoms with Crippen LogP contribution >= 0.6 is 11.6 Å². The first-order valence-corrected chi connectivity index (χ1v) is 6.25. The molecular formula is C13H13ClFN3. The van der Waals surface area contributed by atoms with Crippen molar-refractivity contribution in [3.05, 3.63) is 34.9 Å². The molecule has 0 radical (unpaired) electrons. The van der Waals surface area contributed by atoms with Gasteiger partial charge in [-0.1, -0.05) is 11.6 Å². The normalized spacial score (nSPS) is 15.1. The van der Waals surface area contributed by atoms with Gasteiger partial charge in [0.2, 0.25) is 0 Å². The number of hydrogen-bond donors (Lipinski definition) is 1. The molecule has 1 aromatic carbocycles. The molecule has 5 heteroatoms. The number of aromatic nitrogens is 2. The Labute approximate surface area is 109 Å². The van der Waals surface area contributed by atoms with Gasteiger partial charge in [-0.15, -0.1) is 0 Å². The molecule has 1 aliphatic carbocycles. The zero-order chi connectivity index (χ0) is 12.9. The Morgan fingerprint density at radius 3 is 2.78 bits per heavy atom. The molecule has 0 saturated heterocycles. The highest BCUT2D eigenvalue weighted by Gasteiger charge is 2.29. The fraction of sp³-hybridized carbons (Fsp3) is 0.308. The highest BCUT2D eigenvalue weighted by Crippen LogP contribution is 2.41. The minimum atomic E-state index is -0.394. The Bertz CT molecular complexity index is 617. The maximum Gasteiger partial charge on any atom is 0.134 e. The molecule has 0 amide bonds. The molecule has 2 N–H and O–H groups in total. The minimum absolute atomic E-state index is 0.369. The summed E-state index contributed by atoms with van der Waals surface area (Å²) >= 11 is 5.74. The standard InChI is InChI=1S/C13H13ClFN3/c1-7-17-12(13(16)18(7)9-3-4-9)10-5-2-8(14)6-11(10)15/h2,5-6,9H,3-4,16H2,1H3. The van der Waals surface area contributed by atoms with Gasteiger partial charge in [-0.3, -0.25) is 0 Å². The van der Waals surface area contributed by atoms with E-state index in [1.807, 2.05) is 11.5 Å². The number of benzene rings is 1. The molecule has 2 aromatic rings. The van der Waals surface area contributed by atoms with Crippen molar-refractivity contribution in [2.24, 2.45) is 0 Å². The number of anilines is 1. The van der Waals surface area contributed by atoms with E-state index in [1.54, 1.807) is 12.1 Å². The molecule has 0 atom stereocenters. The molecule has 0 bridgehead atoms. The van der Waals surface area contributed by atoms with Gasteiger partial charge in [0, 0.05) is 16.6 Å². The van der Waals surface area contributed by atoms with E-state index in [0.29, 0.717) is 28.1 Å².